The van der Waals surface area contributed by atoms with Gasteiger partial charge in [0.15, 0.2) is 0 Å². The van der Waals surface area contributed by atoms with Gasteiger partial charge in [-0.05, 0) is 55.0 Å². The number of anilines is 3. The summed E-state index contributed by atoms with van der Waals surface area (Å²) in [6.45, 7) is 3.44. The lowest BCUT2D eigenvalue weighted by molar-refractivity contribution is 0.120. The molecule has 27 heavy (non-hydrogen) atoms. The minimum atomic E-state index is -0.0740. The van der Waals surface area contributed by atoms with Gasteiger partial charge in [0.2, 0.25) is 0 Å². The van der Waals surface area contributed by atoms with Gasteiger partial charge in [-0.2, -0.15) is 0 Å². The second kappa shape index (κ2) is 7.36. The number of nitrogens with one attached hydrogen (secondary N) is 2. The van der Waals surface area contributed by atoms with Crippen LogP contribution in [0.25, 0.3) is 10.8 Å². The van der Waals surface area contributed by atoms with E-state index in [-0.39, 0.29) is 11.7 Å². The molecule has 140 valence electrons. The summed E-state index contributed by atoms with van der Waals surface area (Å²) in [5, 5.41) is 7.98. The molecule has 1 aliphatic rings. The molecule has 0 aliphatic carbocycles. The highest BCUT2D eigenvalue weighted by Crippen LogP contribution is 2.24. The third kappa shape index (κ3) is 3.78. The Balaban J connectivity index is 1.72. The van der Waals surface area contributed by atoms with Crippen molar-refractivity contribution < 1.29 is 4.74 Å². The molecule has 7 nitrogen and oxygen atoms in total. The molecule has 0 bridgehead atoms. The molecular formula is C20H23N5O2. The van der Waals surface area contributed by atoms with Crippen molar-refractivity contribution in [2.45, 2.75) is 25.9 Å². The van der Waals surface area contributed by atoms with Crippen LogP contribution in [0.3, 0.4) is 0 Å². The molecular weight excluding hydrogens is 342 g/mol. The quantitative estimate of drug-likeness (QED) is 0.723. The van der Waals surface area contributed by atoms with Crippen LogP contribution in [-0.4, -0.2) is 33.8 Å². The van der Waals surface area contributed by atoms with Crippen molar-refractivity contribution in [1.29, 1.82) is 0 Å². The van der Waals surface area contributed by atoms with Crippen molar-refractivity contribution in [3.8, 4) is 0 Å². The minimum Gasteiger partial charge on any atom is -0.376 e. The van der Waals surface area contributed by atoms with Gasteiger partial charge in [-0.3, -0.25) is 4.79 Å². The maximum absolute atomic E-state index is 12.7. The van der Waals surface area contributed by atoms with Crippen LogP contribution in [0, 0.1) is 6.92 Å². The maximum Gasteiger partial charge on any atom is 0.261 e. The van der Waals surface area contributed by atoms with Crippen molar-refractivity contribution in [1.82, 2.24) is 14.5 Å². The summed E-state index contributed by atoms with van der Waals surface area (Å²) in [7, 11) is 1.74. The zero-order valence-electron chi connectivity index (χ0n) is 15.5. The number of aryl methyl sites for hydroxylation is 2. The zero-order valence-corrected chi connectivity index (χ0v) is 15.5. The van der Waals surface area contributed by atoms with Crippen LogP contribution in [0.15, 0.2) is 41.5 Å². The zero-order chi connectivity index (χ0) is 18.8. The molecule has 0 radical (unpaired) electrons. The average Bonchev–Trinajstić information content (AvgIpc) is 3.16. The Labute approximate surface area is 157 Å². The lowest BCUT2D eigenvalue weighted by Crippen LogP contribution is -2.22. The number of fused-ring (bicyclic) bond motifs is 1. The third-order valence-corrected chi connectivity index (χ3v) is 4.75. The normalized spacial score (nSPS) is 16.6. The predicted octanol–water partition coefficient (Wildman–Crippen LogP) is 2.97. The molecule has 3 aromatic rings. The lowest BCUT2D eigenvalue weighted by atomic mass is 10.2. The number of nitrogens with zero attached hydrogens (tertiary/aromatic N) is 3. The predicted molar refractivity (Wildman–Crippen MR) is 107 cm³/mol. The van der Waals surface area contributed by atoms with E-state index in [1.54, 1.807) is 24.0 Å². The van der Waals surface area contributed by atoms with Gasteiger partial charge in [0.25, 0.3) is 5.56 Å². The van der Waals surface area contributed by atoms with Gasteiger partial charge in [0, 0.05) is 32.6 Å². The Hall–Kier alpha value is -2.93. The summed E-state index contributed by atoms with van der Waals surface area (Å²) in [6.07, 6.45) is 5.77. The molecule has 0 amide bonds. The van der Waals surface area contributed by atoms with Crippen LogP contribution in [0.1, 0.15) is 18.4 Å². The number of hydrogen-bond donors (Lipinski definition) is 2. The Morgan fingerprint density at radius 1 is 1.30 bits per heavy atom. The van der Waals surface area contributed by atoms with Gasteiger partial charge >= 0.3 is 0 Å². The molecule has 0 aromatic carbocycles. The van der Waals surface area contributed by atoms with Crippen molar-refractivity contribution in [2.24, 2.45) is 7.05 Å². The molecule has 0 saturated carbocycles. The van der Waals surface area contributed by atoms with Crippen LogP contribution in [-0.2, 0) is 11.8 Å². The van der Waals surface area contributed by atoms with Crippen LogP contribution >= 0.6 is 0 Å². The van der Waals surface area contributed by atoms with Crippen molar-refractivity contribution in [3.63, 3.8) is 0 Å². The number of rotatable bonds is 5. The first-order chi connectivity index (χ1) is 13.1. The van der Waals surface area contributed by atoms with Crippen molar-refractivity contribution >= 4 is 28.2 Å². The largest absolute Gasteiger partial charge is 0.376 e. The SMILES string of the molecule is Cc1ccnc(Nc2cc3ccn(C)c(=O)c3c(NC[C@H]3CCCO3)n2)c1. The van der Waals surface area contributed by atoms with Gasteiger partial charge in [-0.25, -0.2) is 9.97 Å². The van der Waals surface area contributed by atoms with Gasteiger partial charge in [0.05, 0.1) is 11.5 Å². The summed E-state index contributed by atoms with van der Waals surface area (Å²) in [4.78, 5) is 21.7. The van der Waals surface area contributed by atoms with Crippen LogP contribution in [0.2, 0.25) is 0 Å². The van der Waals surface area contributed by atoms with Crippen molar-refractivity contribution in [2.75, 3.05) is 23.8 Å². The first-order valence-corrected chi connectivity index (χ1v) is 9.16. The highest BCUT2D eigenvalue weighted by atomic mass is 16.5. The fourth-order valence-corrected chi connectivity index (χ4v) is 3.30. The second-order valence-corrected chi connectivity index (χ2v) is 6.91. The van der Waals surface area contributed by atoms with E-state index in [2.05, 4.69) is 20.6 Å². The monoisotopic (exact) mass is 365 g/mol. The first kappa shape index (κ1) is 17.5. The summed E-state index contributed by atoms with van der Waals surface area (Å²) < 4.78 is 7.25. The summed E-state index contributed by atoms with van der Waals surface area (Å²) in [5.74, 6) is 1.93. The minimum absolute atomic E-state index is 0.0740. The molecule has 1 saturated heterocycles. The van der Waals surface area contributed by atoms with E-state index < -0.39 is 0 Å². The summed E-state index contributed by atoms with van der Waals surface area (Å²) >= 11 is 0. The van der Waals surface area contributed by atoms with Crippen LogP contribution in [0.4, 0.5) is 17.5 Å². The molecule has 1 fully saturated rings. The number of hydrogen-bond acceptors (Lipinski definition) is 6. The van der Waals surface area contributed by atoms with Crippen LogP contribution in [0.5, 0.6) is 0 Å². The molecule has 2 N–H and O–H groups in total. The van der Waals surface area contributed by atoms with E-state index in [1.165, 1.54) is 0 Å². The molecule has 4 rings (SSSR count). The Morgan fingerprint density at radius 3 is 2.96 bits per heavy atom. The number of ether oxygens (including phenoxy) is 1. The highest BCUT2D eigenvalue weighted by Gasteiger charge is 2.17. The molecule has 0 spiro atoms. The molecule has 4 heterocycles. The van der Waals surface area contributed by atoms with E-state index >= 15 is 0 Å². The smallest absolute Gasteiger partial charge is 0.261 e. The fraction of sp³-hybridized carbons (Fsp3) is 0.350. The third-order valence-electron chi connectivity index (χ3n) is 4.75. The van der Waals surface area contributed by atoms with E-state index in [4.69, 9.17) is 4.74 Å². The van der Waals surface area contributed by atoms with Gasteiger partial charge < -0.3 is 19.9 Å². The molecule has 1 aliphatic heterocycles. The molecule has 1 atom stereocenters. The first-order valence-electron chi connectivity index (χ1n) is 9.16. The van der Waals surface area contributed by atoms with E-state index in [0.717, 1.165) is 36.2 Å². The highest BCUT2D eigenvalue weighted by molar-refractivity contribution is 5.93. The topological polar surface area (TPSA) is 81.1 Å². The maximum atomic E-state index is 12.7. The Kier molecular flexibility index (Phi) is 4.77. The summed E-state index contributed by atoms with van der Waals surface area (Å²) in [6, 6.07) is 7.69. The number of pyridine rings is 3. The van der Waals surface area contributed by atoms with Gasteiger partial charge in [0.1, 0.15) is 17.5 Å². The van der Waals surface area contributed by atoms with E-state index in [0.29, 0.717) is 23.6 Å². The Bertz CT molecular complexity index is 1020. The Morgan fingerprint density at radius 2 is 2.19 bits per heavy atom. The second-order valence-electron chi connectivity index (χ2n) is 6.91. The summed E-state index contributed by atoms with van der Waals surface area (Å²) in [5.41, 5.74) is 1.04. The van der Waals surface area contributed by atoms with Crippen LogP contribution < -0.4 is 16.2 Å². The standard InChI is InChI=1S/C20H23N5O2/c1-13-5-7-21-16(10-13)23-17-11-14-6-8-25(2)20(26)18(14)19(24-17)22-12-15-4-3-9-27-15/h5-8,10-11,15H,3-4,9,12H2,1-2H3,(H2,21,22,23,24)/t15-/m1/s1. The van der Waals surface area contributed by atoms with Gasteiger partial charge in [-0.15, -0.1) is 0 Å². The average molecular weight is 365 g/mol. The molecule has 7 heteroatoms. The lowest BCUT2D eigenvalue weighted by Gasteiger charge is -2.15. The molecule has 0 unspecified atom stereocenters. The fourth-order valence-electron chi connectivity index (χ4n) is 3.30. The van der Waals surface area contributed by atoms with Gasteiger partial charge in [-0.1, -0.05) is 0 Å². The molecule has 3 aromatic heterocycles. The number of aromatic nitrogens is 3. The van der Waals surface area contributed by atoms with E-state index in [1.807, 2.05) is 31.2 Å². The van der Waals surface area contributed by atoms with Crippen molar-refractivity contribution in [3.05, 3.63) is 52.6 Å². The van der Waals surface area contributed by atoms with E-state index in [9.17, 15) is 4.79 Å².